The summed E-state index contributed by atoms with van der Waals surface area (Å²) in [5.41, 5.74) is 1.44. The molecular weight excluding hydrogens is 380 g/mol. The first-order valence-corrected chi connectivity index (χ1v) is 10.4. The van der Waals surface area contributed by atoms with E-state index < -0.39 is 0 Å². The predicted molar refractivity (Wildman–Crippen MR) is 115 cm³/mol. The monoisotopic (exact) mass is 404 g/mol. The molecule has 2 atom stereocenters. The molecule has 3 aromatic heterocycles. The number of H-pyrrole nitrogens is 1. The maximum atomic E-state index is 12.2. The highest BCUT2D eigenvalue weighted by Crippen LogP contribution is 2.37. The third-order valence-electron chi connectivity index (χ3n) is 5.82. The fourth-order valence-electron chi connectivity index (χ4n) is 4.06. The van der Waals surface area contributed by atoms with E-state index in [2.05, 4.69) is 25.6 Å². The normalized spacial score (nSPS) is 20.8. The lowest BCUT2D eigenvalue weighted by molar-refractivity contribution is 0.715. The highest BCUT2D eigenvalue weighted by molar-refractivity contribution is 5.42. The minimum atomic E-state index is -0.0819. The molecule has 2 aliphatic rings. The van der Waals surface area contributed by atoms with E-state index in [-0.39, 0.29) is 23.2 Å². The fourth-order valence-corrected chi connectivity index (χ4v) is 4.06. The molecule has 0 aliphatic heterocycles. The Bertz CT molecular complexity index is 1150. The molecule has 2 saturated carbocycles. The van der Waals surface area contributed by atoms with Gasteiger partial charge in [-0.05, 0) is 56.2 Å². The van der Waals surface area contributed by atoms with Gasteiger partial charge in [-0.15, -0.1) is 0 Å². The van der Waals surface area contributed by atoms with Crippen molar-refractivity contribution in [1.82, 2.24) is 19.5 Å². The zero-order chi connectivity index (χ0) is 20.5. The Kier molecular flexibility index (Phi) is 4.82. The summed E-state index contributed by atoms with van der Waals surface area (Å²) in [6.07, 6.45) is 10.2. The summed E-state index contributed by atoms with van der Waals surface area (Å²) in [5.74, 6) is 1.73. The molecule has 3 heterocycles. The number of aromatic amines is 1. The molecule has 0 amide bonds. The molecule has 5 rings (SSSR count). The Balaban J connectivity index is 1.18. The third-order valence-corrected chi connectivity index (χ3v) is 5.82. The average Bonchev–Trinajstić information content (AvgIpc) is 3.50. The molecule has 8 heteroatoms. The van der Waals surface area contributed by atoms with E-state index in [1.54, 1.807) is 29.2 Å². The molecule has 30 heavy (non-hydrogen) atoms. The first-order valence-electron chi connectivity index (χ1n) is 10.4. The van der Waals surface area contributed by atoms with Crippen LogP contribution in [0.15, 0.2) is 58.5 Å². The second-order valence-corrected chi connectivity index (χ2v) is 8.10. The molecular formula is C22H24N6O2. The van der Waals surface area contributed by atoms with Crippen LogP contribution in [0.2, 0.25) is 0 Å². The smallest absolute Gasteiger partial charge is 0.255 e. The number of nitrogens with zero attached hydrogens (tertiary/aromatic N) is 3. The second-order valence-electron chi connectivity index (χ2n) is 8.10. The zero-order valence-corrected chi connectivity index (χ0v) is 16.5. The number of anilines is 2. The topological polar surface area (TPSA) is 105 Å². The highest BCUT2D eigenvalue weighted by Gasteiger charge is 2.28. The Morgan fingerprint density at radius 3 is 2.47 bits per heavy atom. The highest BCUT2D eigenvalue weighted by atomic mass is 16.1. The summed E-state index contributed by atoms with van der Waals surface area (Å²) in [6.45, 7) is 0. The van der Waals surface area contributed by atoms with Gasteiger partial charge in [0.2, 0.25) is 5.95 Å². The zero-order valence-electron chi connectivity index (χ0n) is 16.5. The Morgan fingerprint density at radius 2 is 1.77 bits per heavy atom. The van der Waals surface area contributed by atoms with Gasteiger partial charge < -0.3 is 10.6 Å². The van der Waals surface area contributed by atoms with Gasteiger partial charge in [0.15, 0.2) is 0 Å². The summed E-state index contributed by atoms with van der Waals surface area (Å²) in [4.78, 5) is 35.8. The van der Waals surface area contributed by atoms with Crippen LogP contribution >= 0.6 is 0 Å². The average molecular weight is 404 g/mol. The van der Waals surface area contributed by atoms with Crippen LogP contribution in [0.5, 0.6) is 0 Å². The van der Waals surface area contributed by atoms with Gasteiger partial charge in [0.1, 0.15) is 5.82 Å². The van der Waals surface area contributed by atoms with E-state index in [9.17, 15) is 9.59 Å². The maximum Gasteiger partial charge on any atom is 0.255 e. The van der Waals surface area contributed by atoms with Crippen LogP contribution in [0, 0.1) is 0 Å². The van der Waals surface area contributed by atoms with E-state index in [1.165, 1.54) is 6.07 Å². The van der Waals surface area contributed by atoms with Crippen molar-refractivity contribution in [3.05, 3.63) is 75.2 Å². The van der Waals surface area contributed by atoms with Crippen LogP contribution < -0.4 is 21.8 Å². The summed E-state index contributed by atoms with van der Waals surface area (Å²) < 4.78 is 1.56. The van der Waals surface area contributed by atoms with Crippen molar-refractivity contribution >= 4 is 11.8 Å². The van der Waals surface area contributed by atoms with Crippen LogP contribution in [0.25, 0.3) is 5.69 Å². The van der Waals surface area contributed by atoms with Crippen LogP contribution in [0.4, 0.5) is 11.8 Å². The van der Waals surface area contributed by atoms with Crippen molar-refractivity contribution in [3.8, 4) is 5.69 Å². The van der Waals surface area contributed by atoms with E-state index >= 15 is 0 Å². The lowest BCUT2D eigenvalue weighted by Gasteiger charge is -2.16. The van der Waals surface area contributed by atoms with Crippen LogP contribution in [0.3, 0.4) is 0 Å². The summed E-state index contributed by atoms with van der Waals surface area (Å²) in [7, 11) is 0. The second kappa shape index (κ2) is 7.78. The fraction of sp³-hybridized carbons (Fsp3) is 0.364. The Labute approximate surface area is 173 Å². The molecule has 0 bridgehead atoms. The van der Waals surface area contributed by atoms with Crippen LogP contribution in [-0.2, 0) is 0 Å². The lowest BCUT2D eigenvalue weighted by atomic mass is 10.2. The third kappa shape index (κ3) is 3.98. The van der Waals surface area contributed by atoms with Gasteiger partial charge in [-0.1, -0.05) is 6.07 Å². The largest absolute Gasteiger partial charge is 0.367 e. The lowest BCUT2D eigenvalue weighted by Crippen LogP contribution is -2.24. The van der Waals surface area contributed by atoms with Gasteiger partial charge in [0.05, 0.1) is 11.9 Å². The van der Waals surface area contributed by atoms with Crippen molar-refractivity contribution in [2.24, 2.45) is 0 Å². The van der Waals surface area contributed by atoms with Crippen molar-refractivity contribution < 1.29 is 0 Å². The summed E-state index contributed by atoms with van der Waals surface area (Å²) in [5, 5.41) is 6.82. The molecule has 0 aromatic carbocycles. The minimum Gasteiger partial charge on any atom is -0.367 e. The Morgan fingerprint density at radius 1 is 0.933 bits per heavy atom. The van der Waals surface area contributed by atoms with Crippen molar-refractivity contribution in [2.75, 3.05) is 10.6 Å². The maximum absolute atomic E-state index is 12.2. The molecule has 0 radical (unpaired) electrons. The molecule has 0 unspecified atom stereocenters. The molecule has 8 nitrogen and oxygen atoms in total. The number of rotatable bonds is 6. The van der Waals surface area contributed by atoms with Crippen LogP contribution in [-0.4, -0.2) is 31.6 Å². The molecule has 2 aliphatic carbocycles. The van der Waals surface area contributed by atoms with Gasteiger partial charge in [-0.2, -0.15) is 0 Å². The number of aromatic nitrogens is 4. The number of hydrogen-bond acceptors (Lipinski definition) is 6. The molecule has 0 spiro atoms. The number of hydrogen-bond donors (Lipinski definition) is 3. The molecule has 154 valence electrons. The van der Waals surface area contributed by atoms with E-state index in [1.807, 2.05) is 18.2 Å². The van der Waals surface area contributed by atoms with E-state index in [4.69, 9.17) is 0 Å². The molecule has 3 N–H and O–H groups in total. The van der Waals surface area contributed by atoms with E-state index in [0.29, 0.717) is 11.9 Å². The van der Waals surface area contributed by atoms with Gasteiger partial charge in [0, 0.05) is 36.1 Å². The van der Waals surface area contributed by atoms with Crippen LogP contribution in [0.1, 0.15) is 43.6 Å². The quantitative estimate of drug-likeness (QED) is 0.583. The molecule has 0 saturated heterocycles. The van der Waals surface area contributed by atoms with E-state index in [0.717, 1.165) is 49.2 Å². The Hall–Kier alpha value is -3.42. The first-order chi connectivity index (χ1) is 14.7. The van der Waals surface area contributed by atoms with Gasteiger partial charge in [-0.25, -0.2) is 9.97 Å². The number of pyridine rings is 2. The number of nitrogens with one attached hydrogen (secondary N) is 3. The minimum absolute atomic E-state index is 0.0236. The standard InChI is InChI=1S/C22H24N6O2/c29-20-3-1-2-10-28(20)17-8-9-19(23-12-17)25-15-6-7-16(11-15)26-22-24-13-18(14-4-5-14)21(30)27-22/h1-3,8-10,12-16H,4-7,11H2,(H,23,25)(H2,24,26,27,30)/t15-,16-/m0/s1. The van der Waals surface area contributed by atoms with Crippen molar-refractivity contribution in [3.63, 3.8) is 0 Å². The first kappa shape index (κ1) is 18.6. The van der Waals surface area contributed by atoms with Gasteiger partial charge in [-0.3, -0.25) is 19.1 Å². The summed E-state index contributed by atoms with van der Waals surface area (Å²) in [6, 6.07) is 9.39. The molecule has 2 fully saturated rings. The van der Waals surface area contributed by atoms with Gasteiger partial charge in [0.25, 0.3) is 11.1 Å². The van der Waals surface area contributed by atoms with Crippen molar-refractivity contribution in [2.45, 2.75) is 50.1 Å². The molecule has 3 aromatic rings. The van der Waals surface area contributed by atoms with Crippen molar-refractivity contribution in [1.29, 1.82) is 0 Å². The predicted octanol–water partition coefficient (Wildman–Crippen LogP) is 2.64. The van der Waals surface area contributed by atoms with Gasteiger partial charge >= 0.3 is 0 Å². The summed E-state index contributed by atoms with van der Waals surface area (Å²) >= 11 is 0. The SMILES string of the molecule is O=c1[nH]c(N[C@H]2CC[C@H](Nc3ccc(-n4ccccc4=O)cn3)C2)ncc1C1CC1.